The zero-order valence-corrected chi connectivity index (χ0v) is 45.8. The summed E-state index contributed by atoms with van der Waals surface area (Å²) < 4.78 is 0. The molecule has 434 valence electrons. The number of carbonyl (C=O) groups is 10. The zero-order chi connectivity index (χ0) is 59.0. The third kappa shape index (κ3) is 20.6. The van der Waals surface area contributed by atoms with Crippen molar-refractivity contribution in [3.8, 4) is 0 Å². The van der Waals surface area contributed by atoms with Gasteiger partial charge in [-0.3, -0.25) is 48.1 Å². The first-order chi connectivity index (χ1) is 38.7. The number of benzene rings is 2. The van der Waals surface area contributed by atoms with Gasteiger partial charge in [0.15, 0.2) is 28.5 Å². The van der Waals surface area contributed by atoms with Crippen molar-refractivity contribution < 1.29 is 58.2 Å². The van der Waals surface area contributed by atoms with Crippen LogP contribution in [0.5, 0.6) is 0 Å². The molecule has 0 spiro atoms. The smallest absolute Gasteiger partial charge is 0.326 e. The van der Waals surface area contributed by atoms with Crippen molar-refractivity contribution in [2.45, 2.75) is 141 Å². The Morgan fingerprint density at radius 3 is 2.02 bits per heavy atom. The largest absolute Gasteiger partial charge is 0.481 e. The van der Waals surface area contributed by atoms with E-state index in [-0.39, 0.29) is 111 Å². The topological polar surface area (TPSA) is 383 Å². The second kappa shape index (κ2) is 31.9. The minimum atomic E-state index is -1.34. The summed E-state index contributed by atoms with van der Waals surface area (Å²) in [5.74, 6) is -7.93. The Hall–Kier alpha value is -8.54. The van der Waals surface area contributed by atoms with Crippen LogP contribution < -0.4 is 38.1 Å². The quantitative estimate of drug-likeness (QED) is 0.0235. The number of nitrogens with zero attached hydrogens (tertiary/aromatic N) is 6. The van der Waals surface area contributed by atoms with Crippen molar-refractivity contribution in [2.75, 3.05) is 36.5 Å². The van der Waals surface area contributed by atoms with Crippen LogP contribution in [0.25, 0.3) is 11.2 Å². The molecule has 2 aromatic carbocycles. The fourth-order valence-electron chi connectivity index (χ4n) is 9.23. The van der Waals surface area contributed by atoms with Gasteiger partial charge in [-0.05, 0) is 101 Å². The van der Waals surface area contributed by atoms with E-state index in [0.717, 1.165) is 10.5 Å². The standard InChI is InChI=1S/C57H74N12O12/c1-35(62-47(73)19-10-5-13-29-69-48(74)26-27-49(69)75)45(71)32-39(30-36-14-6-3-7-15-36)54(77)64-43(18-11-12-28-58)46(72)31-38(55(78)79)16-8-4-9-17-42(70)24-25-44(56(80)81)65-53(76)37-20-22-41(23-21-37)68(2)34-40-33-61-52-50(63-40)51(59)66-57(60)67-52/h3,6-7,14-15,20-23,26-27,33,35,38-39,43-44H,4-5,8-13,16-19,24-25,28-32,34,58H2,1-2H3,(H,62,73)(H,64,77)(H,65,76)(H,78,79)(H,80,81)(H4,59,60,61,66,67)/t35?,38-,39?,43+,44?/m1/s1. The van der Waals surface area contributed by atoms with E-state index in [0.29, 0.717) is 81.4 Å². The summed E-state index contributed by atoms with van der Waals surface area (Å²) in [5.41, 5.74) is 20.1. The van der Waals surface area contributed by atoms with Crippen molar-refractivity contribution in [2.24, 2.45) is 17.6 Å². The molecule has 24 nitrogen and oxygen atoms in total. The number of fused-ring (bicyclic) bond motifs is 1. The number of aromatic nitrogens is 4. The number of anilines is 3. The summed E-state index contributed by atoms with van der Waals surface area (Å²) in [7, 11) is 1.80. The number of carboxylic acids is 2. The molecule has 5 amide bonds. The van der Waals surface area contributed by atoms with Gasteiger partial charge in [-0.25, -0.2) is 14.8 Å². The average molecular weight is 1120 g/mol. The molecule has 1 aliphatic rings. The molecule has 24 heteroatoms. The van der Waals surface area contributed by atoms with Crippen LogP contribution in [0.4, 0.5) is 17.5 Å². The highest BCUT2D eigenvalue weighted by atomic mass is 16.4. The molecule has 0 saturated heterocycles. The van der Waals surface area contributed by atoms with E-state index in [1.807, 2.05) is 4.90 Å². The first-order valence-corrected chi connectivity index (χ1v) is 27.3. The number of unbranched alkanes of at least 4 members (excludes halogenated alkanes) is 5. The second-order valence-corrected chi connectivity index (χ2v) is 20.3. The molecule has 5 rings (SSSR count). The molecule has 0 fully saturated rings. The molecule has 0 aliphatic carbocycles. The van der Waals surface area contributed by atoms with E-state index in [1.165, 1.54) is 25.3 Å². The molecule has 5 atom stereocenters. The van der Waals surface area contributed by atoms with Crippen LogP contribution in [0.1, 0.15) is 131 Å². The third-order valence-corrected chi connectivity index (χ3v) is 13.9. The Morgan fingerprint density at radius 1 is 0.679 bits per heavy atom. The van der Waals surface area contributed by atoms with Crippen molar-refractivity contribution in [1.82, 2.24) is 40.8 Å². The molecule has 1 aliphatic heterocycles. The molecule has 81 heavy (non-hydrogen) atoms. The van der Waals surface area contributed by atoms with E-state index in [9.17, 15) is 58.2 Å². The Morgan fingerprint density at radius 2 is 1.35 bits per heavy atom. The van der Waals surface area contributed by atoms with Crippen LogP contribution in [0, 0.1) is 11.8 Å². The Bertz CT molecular complexity index is 2890. The molecular formula is C57H74N12O12. The molecule has 2 aromatic heterocycles. The molecule has 3 heterocycles. The van der Waals surface area contributed by atoms with Crippen LogP contribution >= 0.6 is 0 Å². The number of Topliss-reactive ketones (excluding diaryl/α,β-unsaturated/α-hetero) is 3. The minimum Gasteiger partial charge on any atom is -0.481 e. The number of hydrogen-bond donors (Lipinski definition) is 8. The molecule has 4 aromatic rings. The van der Waals surface area contributed by atoms with Gasteiger partial charge in [0.05, 0.1) is 36.4 Å². The molecule has 0 saturated carbocycles. The number of rotatable bonds is 37. The molecule has 3 unspecified atom stereocenters. The predicted octanol–water partition coefficient (Wildman–Crippen LogP) is 3.79. The van der Waals surface area contributed by atoms with Gasteiger partial charge in [0, 0.05) is 75.0 Å². The summed E-state index contributed by atoms with van der Waals surface area (Å²) in [6.45, 7) is 2.41. The Kier molecular flexibility index (Phi) is 24.9. The summed E-state index contributed by atoms with van der Waals surface area (Å²) in [6, 6.07) is 12.1. The van der Waals surface area contributed by atoms with Gasteiger partial charge in [-0.1, -0.05) is 49.6 Å². The van der Waals surface area contributed by atoms with Crippen molar-refractivity contribution in [3.63, 3.8) is 0 Å². The van der Waals surface area contributed by atoms with Crippen LogP contribution in [0.3, 0.4) is 0 Å². The van der Waals surface area contributed by atoms with E-state index < -0.39 is 65.3 Å². The fraction of sp³-hybridized carbons (Fsp3) is 0.474. The summed E-state index contributed by atoms with van der Waals surface area (Å²) in [4.78, 5) is 148. The zero-order valence-electron chi connectivity index (χ0n) is 45.8. The first-order valence-electron chi connectivity index (χ1n) is 27.3. The highest BCUT2D eigenvalue weighted by Gasteiger charge is 2.32. The summed E-state index contributed by atoms with van der Waals surface area (Å²) in [5, 5.41) is 28.1. The number of nitrogen functional groups attached to an aromatic ring is 2. The number of carbonyl (C=O) groups excluding carboxylic acids is 8. The minimum absolute atomic E-state index is 0.0173. The van der Waals surface area contributed by atoms with Gasteiger partial charge < -0.3 is 48.3 Å². The second-order valence-electron chi connectivity index (χ2n) is 20.3. The van der Waals surface area contributed by atoms with Crippen LogP contribution in [-0.2, 0) is 56.1 Å². The lowest BCUT2D eigenvalue weighted by Crippen LogP contribution is -2.46. The average Bonchev–Trinajstić information content (AvgIpc) is 3.79. The van der Waals surface area contributed by atoms with E-state index in [1.54, 1.807) is 61.6 Å². The monoisotopic (exact) mass is 1120 g/mol. The maximum Gasteiger partial charge on any atom is 0.326 e. The normalized spacial score (nSPS) is 13.9. The van der Waals surface area contributed by atoms with Crippen molar-refractivity contribution >= 4 is 87.4 Å². The Balaban J connectivity index is 1.06. The lowest BCUT2D eigenvalue weighted by atomic mass is 9.89. The van der Waals surface area contributed by atoms with E-state index in [2.05, 4.69) is 35.9 Å². The number of imide groups is 1. The van der Waals surface area contributed by atoms with E-state index >= 15 is 0 Å². The lowest BCUT2D eigenvalue weighted by molar-refractivity contribution is -0.144. The third-order valence-electron chi connectivity index (χ3n) is 13.9. The van der Waals surface area contributed by atoms with Crippen molar-refractivity contribution in [1.29, 1.82) is 0 Å². The fourth-order valence-corrected chi connectivity index (χ4v) is 9.23. The first kappa shape index (κ1) is 63.3. The number of hydrogen-bond acceptors (Lipinski definition) is 18. The maximum absolute atomic E-state index is 14.1. The van der Waals surface area contributed by atoms with Gasteiger partial charge in [-0.15, -0.1) is 0 Å². The van der Waals surface area contributed by atoms with Crippen LogP contribution in [0.2, 0.25) is 0 Å². The molecule has 0 bridgehead atoms. The molecular weight excluding hydrogens is 1040 g/mol. The lowest BCUT2D eigenvalue weighted by Gasteiger charge is -2.24. The Labute approximate surface area is 469 Å². The van der Waals surface area contributed by atoms with Gasteiger partial charge in [0.2, 0.25) is 17.8 Å². The highest BCUT2D eigenvalue weighted by Crippen LogP contribution is 2.22. The van der Waals surface area contributed by atoms with E-state index in [4.69, 9.17) is 17.2 Å². The van der Waals surface area contributed by atoms with Crippen molar-refractivity contribution in [3.05, 3.63) is 89.8 Å². The number of amides is 5. The van der Waals surface area contributed by atoms with Gasteiger partial charge in [0.25, 0.3) is 17.7 Å². The number of carboxylic acid groups (broad SMARTS) is 2. The predicted molar refractivity (Wildman–Crippen MR) is 299 cm³/mol. The van der Waals surface area contributed by atoms with Gasteiger partial charge in [0.1, 0.15) is 11.8 Å². The number of nitrogens with two attached hydrogens (primary N) is 3. The molecule has 0 radical (unpaired) electrons. The number of ketones is 3. The number of nitrogens with one attached hydrogen (secondary N) is 3. The SMILES string of the molecule is CC(NC(=O)CCCCCN1C(=O)C=CC1=O)C(=O)CC(Cc1ccccc1)C(=O)N[C@@H](CCCCN)C(=O)C[C@@H](CCCCCC(=O)CCC(NC(=O)c1ccc(N(C)Cc2cnc3nc(N)nc(N)c3n2)cc1)C(=O)O)C(=O)O. The van der Waals surface area contributed by atoms with Gasteiger partial charge in [-0.2, -0.15) is 9.97 Å². The van der Waals surface area contributed by atoms with Gasteiger partial charge >= 0.3 is 11.9 Å². The van der Waals surface area contributed by atoms with Crippen LogP contribution in [-0.4, -0.2) is 132 Å². The maximum atomic E-state index is 14.1. The highest BCUT2D eigenvalue weighted by molar-refractivity contribution is 6.12. The summed E-state index contributed by atoms with van der Waals surface area (Å²) in [6.07, 6.45) is 7.38. The summed E-state index contributed by atoms with van der Waals surface area (Å²) >= 11 is 0. The van der Waals surface area contributed by atoms with Crippen LogP contribution in [0.15, 0.2) is 72.9 Å². The number of aliphatic carboxylic acids is 2. The molecule has 11 N–H and O–H groups in total.